The summed E-state index contributed by atoms with van der Waals surface area (Å²) >= 11 is 6.57. The van der Waals surface area contributed by atoms with Crippen LogP contribution in [0.3, 0.4) is 0 Å². The van der Waals surface area contributed by atoms with E-state index in [0.29, 0.717) is 0 Å². The van der Waals surface area contributed by atoms with Gasteiger partial charge in [-0.15, -0.1) is 36.2 Å². The molecule has 1 aromatic heterocycles. The highest BCUT2D eigenvalue weighted by Gasteiger charge is 2.46. The molecule has 0 saturated carbocycles. The lowest BCUT2D eigenvalue weighted by molar-refractivity contribution is -0.143. The maximum Gasteiger partial charge on any atom is 0.319 e. The molecule has 1 unspecified atom stereocenters. The van der Waals surface area contributed by atoms with Gasteiger partial charge < -0.3 is 19.3 Å². The number of aliphatic hydroxyl groups excluding tert-OH is 1. The minimum Gasteiger partial charge on any atom is -0.481 e. The number of methoxy groups -OCH3 is 2. The fraction of sp³-hybridized carbons (Fsp3) is 0.615. The quantitative estimate of drug-likeness (QED) is 0.375. The zero-order valence-corrected chi connectivity index (χ0v) is 15.8. The Kier molecular flexibility index (Phi) is 8.31. The maximum atomic E-state index is 12.5. The molecule has 1 rings (SSSR count). The number of nitrogens with zero attached hydrogens (tertiary/aromatic N) is 2. The molecule has 0 spiro atoms. The molecule has 0 radical (unpaired) electrons. The van der Waals surface area contributed by atoms with E-state index in [2.05, 4.69) is 22.6 Å². The van der Waals surface area contributed by atoms with Crippen molar-refractivity contribution in [3.63, 3.8) is 0 Å². The molecule has 1 aromatic rings. The van der Waals surface area contributed by atoms with Gasteiger partial charge in [0.05, 0.1) is 26.9 Å². The number of thiol groups is 1. The number of hydrogen-bond acceptors (Lipinski definition) is 10. The Bertz CT molecular complexity index is 498. The Balaban J connectivity index is 3.48. The van der Waals surface area contributed by atoms with Crippen LogP contribution in [-0.2, 0) is 9.53 Å². The van der Waals surface area contributed by atoms with Crippen LogP contribution < -0.4 is 9.47 Å². The number of carbonyl (C=O) groups is 1. The predicted molar refractivity (Wildman–Crippen MR) is 94.7 cm³/mol. The summed E-state index contributed by atoms with van der Waals surface area (Å²) in [6.45, 7) is -0.273. The fourth-order valence-electron chi connectivity index (χ4n) is 1.93. The van der Waals surface area contributed by atoms with Crippen LogP contribution in [-0.4, -0.2) is 64.4 Å². The zero-order valence-electron chi connectivity index (χ0n) is 13.3. The average molecular weight is 381 g/mol. The number of aliphatic hydroxyl groups is 1. The van der Waals surface area contributed by atoms with Crippen molar-refractivity contribution in [3.8, 4) is 11.8 Å². The van der Waals surface area contributed by atoms with E-state index < -0.39 is 16.0 Å². The predicted octanol–water partition coefficient (Wildman–Crippen LogP) is 1.42. The number of thioether (sulfide) groups is 2. The molecule has 130 valence electrons. The Morgan fingerprint density at radius 2 is 1.83 bits per heavy atom. The number of aromatic nitrogens is 2. The Labute approximate surface area is 149 Å². The summed E-state index contributed by atoms with van der Waals surface area (Å²) in [5.41, 5.74) is 0. The smallest absolute Gasteiger partial charge is 0.319 e. The molecule has 0 aliphatic heterocycles. The van der Waals surface area contributed by atoms with E-state index in [-0.39, 0.29) is 30.1 Å². The molecule has 0 aromatic carbocycles. The SMILES string of the molecule is COc1cc(OC)nc(C(C(=O)OCS)C(CO)(SC)SC)n1. The van der Waals surface area contributed by atoms with Crippen molar-refractivity contribution in [2.45, 2.75) is 10.00 Å². The normalized spacial score (nSPS) is 12.6. The van der Waals surface area contributed by atoms with E-state index >= 15 is 0 Å². The van der Waals surface area contributed by atoms with Crippen molar-refractivity contribution in [1.82, 2.24) is 9.97 Å². The maximum absolute atomic E-state index is 12.5. The lowest BCUT2D eigenvalue weighted by Gasteiger charge is -2.33. The van der Waals surface area contributed by atoms with Gasteiger partial charge in [0.25, 0.3) is 0 Å². The van der Waals surface area contributed by atoms with Crippen LogP contribution in [0.25, 0.3) is 0 Å². The number of hydrogen-bond donors (Lipinski definition) is 2. The van der Waals surface area contributed by atoms with Crippen LogP contribution in [0, 0.1) is 0 Å². The molecular formula is C13H20N2O5S3. The first-order chi connectivity index (χ1) is 11.0. The van der Waals surface area contributed by atoms with Crippen molar-refractivity contribution < 1.29 is 24.1 Å². The van der Waals surface area contributed by atoms with Crippen molar-refractivity contribution in [3.05, 3.63) is 11.9 Å². The highest BCUT2D eigenvalue weighted by atomic mass is 32.2. The second kappa shape index (κ2) is 9.45. The van der Waals surface area contributed by atoms with Gasteiger partial charge in [-0.3, -0.25) is 4.79 Å². The van der Waals surface area contributed by atoms with Crippen LogP contribution in [0.15, 0.2) is 6.07 Å². The molecule has 10 heteroatoms. The van der Waals surface area contributed by atoms with Gasteiger partial charge in [-0.25, -0.2) is 0 Å². The summed E-state index contributed by atoms with van der Waals surface area (Å²) in [6, 6.07) is 1.50. The summed E-state index contributed by atoms with van der Waals surface area (Å²) in [5.74, 6) is -0.915. The number of esters is 1. The standard InChI is InChI=1S/C13H20N2O5S3/c1-18-8-5-9(19-2)15-11(14-8)10(12(17)20-7-21)13(6-16,22-3)23-4/h5,10,16,21H,6-7H2,1-4H3. The monoisotopic (exact) mass is 380 g/mol. The number of ether oxygens (including phenoxy) is 3. The number of carbonyl (C=O) groups excluding carboxylic acids is 1. The minimum atomic E-state index is -0.923. The van der Waals surface area contributed by atoms with Crippen LogP contribution >= 0.6 is 36.2 Å². The third-order valence-corrected chi connectivity index (χ3v) is 6.41. The molecule has 0 bridgehead atoms. The fourth-order valence-corrected chi connectivity index (χ4v) is 3.85. The summed E-state index contributed by atoms with van der Waals surface area (Å²) in [7, 11) is 2.91. The van der Waals surface area contributed by atoms with Crippen molar-refractivity contribution in [2.75, 3.05) is 39.3 Å². The first-order valence-electron chi connectivity index (χ1n) is 6.47. The molecule has 23 heavy (non-hydrogen) atoms. The molecule has 0 fully saturated rings. The lowest BCUT2D eigenvalue weighted by Crippen LogP contribution is -2.40. The van der Waals surface area contributed by atoms with E-state index in [1.54, 1.807) is 12.5 Å². The molecule has 1 heterocycles. The highest BCUT2D eigenvalue weighted by Crippen LogP contribution is 2.46. The van der Waals surface area contributed by atoms with Crippen LogP contribution in [0.1, 0.15) is 11.7 Å². The largest absolute Gasteiger partial charge is 0.481 e. The van der Waals surface area contributed by atoms with Gasteiger partial charge in [-0.1, -0.05) is 0 Å². The highest BCUT2D eigenvalue weighted by molar-refractivity contribution is 8.17. The molecular weight excluding hydrogens is 360 g/mol. The van der Waals surface area contributed by atoms with Crippen LogP contribution in [0.4, 0.5) is 0 Å². The third-order valence-electron chi connectivity index (χ3n) is 3.17. The van der Waals surface area contributed by atoms with Crippen molar-refractivity contribution in [1.29, 1.82) is 0 Å². The van der Waals surface area contributed by atoms with Gasteiger partial charge in [-0.2, -0.15) is 9.97 Å². The second-order valence-corrected chi connectivity index (χ2v) is 7.00. The summed E-state index contributed by atoms with van der Waals surface area (Å²) in [5, 5.41) is 9.89. The molecule has 1 atom stereocenters. The van der Waals surface area contributed by atoms with Crippen LogP contribution in [0.2, 0.25) is 0 Å². The molecule has 0 aliphatic carbocycles. The van der Waals surface area contributed by atoms with Gasteiger partial charge >= 0.3 is 5.97 Å². The Morgan fingerprint density at radius 3 is 2.17 bits per heavy atom. The lowest BCUT2D eigenvalue weighted by atomic mass is 10.0. The third kappa shape index (κ3) is 4.59. The second-order valence-electron chi connectivity index (χ2n) is 4.21. The van der Waals surface area contributed by atoms with Crippen molar-refractivity contribution >= 4 is 42.1 Å². The minimum absolute atomic E-state index is 0.0826. The van der Waals surface area contributed by atoms with E-state index in [0.717, 1.165) is 0 Å². The Hall–Kier alpha value is -0.840. The molecule has 7 nitrogen and oxygen atoms in total. The van der Waals surface area contributed by atoms with Crippen molar-refractivity contribution in [2.24, 2.45) is 0 Å². The topological polar surface area (TPSA) is 90.8 Å². The van der Waals surface area contributed by atoms with Gasteiger partial charge in [0.1, 0.15) is 15.9 Å². The van der Waals surface area contributed by atoms with E-state index in [1.165, 1.54) is 43.8 Å². The summed E-state index contributed by atoms with van der Waals surface area (Å²) in [6.07, 6.45) is 3.59. The summed E-state index contributed by atoms with van der Waals surface area (Å²) < 4.78 is 14.4. The van der Waals surface area contributed by atoms with Gasteiger partial charge in [0, 0.05) is 0 Å². The van der Waals surface area contributed by atoms with Gasteiger partial charge in [0.2, 0.25) is 11.8 Å². The van der Waals surface area contributed by atoms with E-state index in [4.69, 9.17) is 14.2 Å². The average Bonchev–Trinajstić information content (AvgIpc) is 2.59. The van der Waals surface area contributed by atoms with Crippen LogP contribution in [0.5, 0.6) is 11.8 Å². The number of rotatable bonds is 9. The van der Waals surface area contributed by atoms with Gasteiger partial charge in [-0.05, 0) is 12.5 Å². The first kappa shape index (κ1) is 20.2. The summed E-state index contributed by atoms with van der Waals surface area (Å²) in [4.78, 5) is 21.0. The first-order valence-corrected chi connectivity index (χ1v) is 9.55. The zero-order chi connectivity index (χ0) is 17.5. The van der Waals surface area contributed by atoms with E-state index in [9.17, 15) is 9.90 Å². The van der Waals surface area contributed by atoms with Gasteiger partial charge in [0.15, 0.2) is 5.82 Å². The molecule has 0 aliphatic rings. The molecule has 0 saturated heterocycles. The molecule has 0 amide bonds. The van der Waals surface area contributed by atoms with E-state index in [1.807, 2.05) is 0 Å². The molecule has 1 N–H and O–H groups in total. The Morgan fingerprint density at radius 1 is 1.30 bits per heavy atom.